The first-order valence-electron chi connectivity index (χ1n) is 7.57. The first kappa shape index (κ1) is 16.7. The lowest BCUT2D eigenvalue weighted by Crippen LogP contribution is -2.19. The standard InChI is InChI=1S/C17H17ClN4OS/c1-4-22-11(3)19-13-9-12(5-6-14(13)22)17(23)21-20-10(2)15-7-8-16(18)24-15/h5-9H,4H2,1-3H3,(H,21,23)/b20-10+. The van der Waals surface area contributed by atoms with Crippen molar-refractivity contribution in [3.8, 4) is 0 Å². The number of imidazole rings is 1. The second kappa shape index (κ2) is 6.75. The Balaban J connectivity index is 1.81. The Kier molecular flexibility index (Phi) is 4.69. The minimum atomic E-state index is -0.261. The lowest BCUT2D eigenvalue weighted by Gasteiger charge is -2.03. The molecule has 0 radical (unpaired) electrons. The molecule has 24 heavy (non-hydrogen) atoms. The highest BCUT2D eigenvalue weighted by Crippen LogP contribution is 2.22. The van der Waals surface area contributed by atoms with Gasteiger partial charge in [0.25, 0.3) is 5.91 Å². The molecule has 0 atom stereocenters. The molecule has 0 fully saturated rings. The second-order valence-corrected chi connectivity index (χ2v) is 7.06. The van der Waals surface area contributed by atoms with Crippen molar-refractivity contribution in [3.63, 3.8) is 0 Å². The van der Waals surface area contributed by atoms with Crippen LogP contribution in [0.2, 0.25) is 4.34 Å². The third-order valence-corrected chi connectivity index (χ3v) is 5.11. The van der Waals surface area contributed by atoms with Gasteiger partial charge in [-0.15, -0.1) is 11.3 Å². The van der Waals surface area contributed by atoms with Gasteiger partial charge in [-0.3, -0.25) is 4.79 Å². The van der Waals surface area contributed by atoms with Gasteiger partial charge in [0, 0.05) is 12.1 Å². The van der Waals surface area contributed by atoms with Crippen molar-refractivity contribution in [1.29, 1.82) is 0 Å². The quantitative estimate of drug-likeness (QED) is 0.559. The number of thiophene rings is 1. The van der Waals surface area contributed by atoms with Gasteiger partial charge < -0.3 is 4.57 Å². The van der Waals surface area contributed by atoms with Crippen LogP contribution in [0.3, 0.4) is 0 Å². The van der Waals surface area contributed by atoms with Gasteiger partial charge >= 0.3 is 0 Å². The summed E-state index contributed by atoms with van der Waals surface area (Å²) in [5.74, 6) is 0.677. The molecule has 3 rings (SSSR count). The van der Waals surface area contributed by atoms with Crippen molar-refractivity contribution in [2.75, 3.05) is 0 Å². The summed E-state index contributed by atoms with van der Waals surface area (Å²) in [6.07, 6.45) is 0. The van der Waals surface area contributed by atoms with Crippen LogP contribution < -0.4 is 5.43 Å². The van der Waals surface area contributed by atoms with Crippen molar-refractivity contribution < 1.29 is 4.79 Å². The number of benzene rings is 1. The van der Waals surface area contributed by atoms with E-state index in [1.807, 2.05) is 32.0 Å². The molecule has 0 saturated heterocycles. The minimum absolute atomic E-state index is 0.261. The highest BCUT2D eigenvalue weighted by molar-refractivity contribution is 7.18. The SMILES string of the molecule is CCn1c(C)nc2cc(C(=O)N/N=C(\C)c3ccc(Cl)s3)ccc21. The summed E-state index contributed by atoms with van der Waals surface area (Å²) in [6.45, 7) is 6.71. The smallest absolute Gasteiger partial charge is 0.271 e. The van der Waals surface area contributed by atoms with Gasteiger partial charge in [0.05, 0.1) is 26.0 Å². The van der Waals surface area contributed by atoms with E-state index in [-0.39, 0.29) is 5.91 Å². The van der Waals surface area contributed by atoms with E-state index in [1.165, 1.54) is 11.3 Å². The van der Waals surface area contributed by atoms with Crippen LogP contribution in [0.5, 0.6) is 0 Å². The highest BCUT2D eigenvalue weighted by Gasteiger charge is 2.11. The number of aryl methyl sites for hydroxylation is 2. The Labute approximate surface area is 149 Å². The van der Waals surface area contributed by atoms with Gasteiger partial charge in [0.2, 0.25) is 0 Å². The summed E-state index contributed by atoms with van der Waals surface area (Å²) in [7, 11) is 0. The van der Waals surface area contributed by atoms with E-state index in [4.69, 9.17) is 11.6 Å². The fourth-order valence-electron chi connectivity index (χ4n) is 2.55. The summed E-state index contributed by atoms with van der Waals surface area (Å²) in [5, 5.41) is 4.15. The van der Waals surface area contributed by atoms with Gasteiger partial charge in [-0.2, -0.15) is 5.10 Å². The Morgan fingerprint density at radius 1 is 1.38 bits per heavy atom. The van der Waals surface area contributed by atoms with Crippen molar-refractivity contribution in [2.45, 2.75) is 27.3 Å². The predicted molar refractivity (Wildman–Crippen MR) is 99.2 cm³/mol. The number of hydrogen-bond donors (Lipinski definition) is 1. The van der Waals surface area contributed by atoms with Gasteiger partial charge in [-0.05, 0) is 51.1 Å². The molecule has 5 nitrogen and oxygen atoms in total. The molecule has 1 N–H and O–H groups in total. The fourth-order valence-corrected chi connectivity index (χ4v) is 3.54. The van der Waals surface area contributed by atoms with Crippen LogP contribution in [0.15, 0.2) is 35.4 Å². The van der Waals surface area contributed by atoms with Gasteiger partial charge in [-0.25, -0.2) is 10.4 Å². The third kappa shape index (κ3) is 3.20. The second-order valence-electron chi connectivity index (χ2n) is 5.35. The molecule has 0 aliphatic heterocycles. The topological polar surface area (TPSA) is 59.3 Å². The van der Waals surface area contributed by atoms with Gasteiger partial charge in [0.1, 0.15) is 5.82 Å². The largest absolute Gasteiger partial charge is 0.329 e. The Morgan fingerprint density at radius 2 is 2.17 bits per heavy atom. The molecule has 7 heteroatoms. The number of nitrogens with one attached hydrogen (secondary N) is 1. The van der Waals surface area contributed by atoms with Crippen molar-refractivity contribution in [2.24, 2.45) is 5.10 Å². The molecule has 2 aromatic heterocycles. The maximum absolute atomic E-state index is 12.3. The first-order valence-corrected chi connectivity index (χ1v) is 8.76. The van der Waals surface area contributed by atoms with Crippen LogP contribution in [0, 0.1) is 6.92 Å². The van der Waals surface area contributed by atoms with E-state index in [0.29, 0.717) is 15.6 Å². The Hall–Kier alpha value is -2.18. The maximum Gasteiger partial charge on any atom is 0.271 e. The summed E-state index contributed by atoms with van der Waals surface area (Å²) in [6, 6.07) is 9.19. The van der Waals surface area contributed by atoms with E-state index in [0.717, 1.165) is 28.3 Å². The number of fused-ring (bicyclic) bond motifs is 1. The van der Waals surface area contributed by atoms with Crippen LogP contribution in [0.1, 0.15) is 34.9 Å². The number of carbonyl (C=O) groups is 1. The summed E-state index contributed by atoms with van der Waals surface area (Å²) in [5.41, 5.74) is 5.67. The zero-order valence-corrected chi connectivity index (χ0v) is 15.2. The molecule has 0 spiro atoms. The number of halogens is 1. The molecule has 0 aliphatic rings. The average Bonchev–Trinajstić information content (AvgIpc) is 3.13. The molecule has 124 valence electrons. The lowest BCUT2D eigenvalue weighted by atomic mass is 10.2. The fraction of sp³-hybridized carbons (Fsp3) is 0.235. The van der Waals surface area contributed by atoms with Crippen LogP contribution in [-0.2, 0) is 6.54 Å². The number of carbonyl (C=O) groups excluding carboxylic acids is 1. The number of amides is 1. The molecule has 1 aromatic carbocycles. The molecule has 3 aromatic rings. The van der Waals surface area contributed by atoms with Crippen molar-refractivity contribution in [3.05, 3.63) is 50.9 Å². The van der Waals surface area contributed by atoms with Crippen LogP contribution in [-0.4, -0.2) is 21.2 Å². The monoisotopic (exact) mass is 360 g/mol. The number of hydrogen-bond acceptors (Lipinski definition) is 4. The molecule has 0 aliphatic carbocycles. The minimum Gasteiger partial charge on any atom is -0.329 e. The zero-order chi connectivity index (χ0) is 17.3. The first-order chi connectivity index (χ1) is 11.5. The van der Waals surface area contributed by atoms with E-state index < -0.39 is 0 Å². The van der Waals surface area contributed by atoms with E-state index in [2.05, 4.69) is 27.0 Å². The van der Waals surface area contributed by atoms with Crippen molar-refractivity contribution >= 4 is 45.6 Å². The van der Waals surface area contributed by atoms with E-state index in [1.54, 1.807) is 12.1 Å². The van der Waals surface area contributed by atoms with Crippen LogP contribution in [0.25, 0.3) is 11.0 Å². The van der Waals surface area contributed by atoms with E-state index in [9.17, 15) is 4.79 Å². The summed E-state index contributed by atoms with van der Waals surface area (Å²) in [4.78, 5) is 17.7. The Bertz CT molecular complexity index is 941. The number of aromatic nitrogens is 2. The average molecular weight is 361 g/mol. The van der Waals surface area contributed by atoms with Crippen LogP contribution >= 0.6 is 22.9 Å². The molecular weight excluding hydrogens is 344 g/mol. The highest BCUT2D eigenvalue weighted by atomic mass is 35.5. The van der Waals surface area contributed by atoms with Crippen LogP contribution in [0.4, 0.5) is 0 Å². The number of rotatable bonds is 4. The summed E-state index contributed by atoms with van der Waals surface area (Å²) >= 11 is 7.34. The normalized spacial score (nSPS) is 11.9. The third-order valence-electron chi connectivity index (χ3n) is 3.77. The molecule has 0 unspecified atom stereocenters. The number of hydrazone groups is 1. The molecule has 0 bridgehead atoms. The van der Waals surface area contributed by atoms with Gasteiger partial charge in [-0.1, -0.05) is 11.6 Å². The van der Waals surface area contributed by atoms with E-state index >= 15 is 0 Å². The predicted octanol–water partition coefficient (Wildman–Crippen LogP) is 4.23. The maximum atomic E-state index is 12.3. The number of nitrogens with zero attached hydrogens (tertiary/aromatic N) is 3. The molecule has 0 saturated carbocycles. The molecule has 1 amide bonds. The van der Waals surface area contributed by atoms with Gasteiger partial charge in [0.15, 0.2) is 0 Å². The zero-order valence-electron chi connectivity index (χ0n) is 13.6. The summed E-state index contributed by atoms with van der Waals surface area (Å²) < 4.78 is 2.80. The molecular formula is C17H17ClN4OS. The molecule has 2 heterocycles. The Morgan fingerprint density at radius 3 is 2.83 bits per heavy atom. The van der Waals surface area contributed by atoms with Crippen molar-refractivity contribution in [1.82, 2.24) is 15.0 Å². The lowest BCUT2D eigenvalue weighted by molar-refractivity contribution is 0.0955.